The molecule has 0 unspecified atom stereocenters. The van der Waals surface area contributed by atoms with Gasteiger partial charge in [-0.05, 0) is 29.3 Å². The van der Waals surface area contributed by atoms with E-state index in [1.54, 1.807) is 6.07 Å². The van der Waals surface area contributed by atoms with Gasteiger partial charge in [0.2, 0.25) is 3.79 Å². The molecule has 4 heteroatoms. The third-order valence-electron chi connectivity index (χ3n) is 2.37. The maximum absolute atomic E-state index is 5.87. The molecular formula is C13H8BrCl3. The topological polar surface area (TPSA) is 0 Å². The highest BCUT2D eigenvalue weighted by atomic mass is 79.9. The first-order valence-electron chi connectivity index (χ1n) is 4.90. The van der Waals surface area contributed by atoms with Crippen molar-refractivity contribution in [1.82, 2.24) is 0 Å². The number of hydrogen-bond donors (Lipinski definition) is 0. The zero-order valence-electron chi connectivity index (χ0n) is 8.63. The normalized spacial score (nSPS) is 11.5. The van der Waals surface area contributed by atoms with E-state index in [1.165, 1.54) is 0 Å². The molecular weight excluding hydrogens is 342 g/mol. The number of hydrogen-bond acceptors (Lipinski definition) is 0. The summed E-state index contributed by atoms with van der Waals surface area (Å²) in [5.74, 6) is 0. The van der Waals surface area contributed by atoms with Crippen LogP contribution in [-0.4, -0.2) is 0 Å². The summed E-state index contributed by atoms with van der Waals surface area (Å²) in [6, 6.07) is 15.6. The van der Waals surface area contributed by atoms with Gasteiger partial charge in [-0.2, -0.15) is 0 Å². The lowest BCUT2D eigenvalue weighted by Crippen LogP contribution is -1.99. The van der Waals surface area contributed by atoms with Gasteiger partial charge >= 0.3 is 0 Å². The van der Waals surface area contributed by atoms with Gasteiger partial charge in [0.25, 0.3) is 0 Å². The second-order valence-corrected chi connectivity index (χ2v) is 6.78. The molecule has 0 spiro atoms. The Morgan fingerprint density at radius 1 is 0.824 bits per heavy atom. The molecule has 88 valence electrons. The van der Waals surface area contributed by atoms with Crippen molar-refractivity contribution in [2.75, 3.05) is 0 Å². The Morgan fingerprint density at radius 3 is 2.06 bits per heavy atom. The zero-order chi connectivity index (χ0) is 12.5. The zero-order valence-corrected chi connectivity index (χ0v) is 12.5. The Kier molecular flexibility index (Phi) is 4.04. The molecule has 2 rings (SSSR count). The second kappa shape index (κ2) is 5.19. The van der Waals surface area contributed by atoms with Crippen LogP contribution in [0, 0.1) is 0 Å². The smallest absolute Gasteiger partial charge is 0.0784 e. The third kappa shape index (κ3) is 3.38. The van der Waals surface area contributed by atoms with Crippen LogP contribution >= 0.6 is 50.7 Å². The fraction of sp³-hybridized carbons (Fsp3) is 0.0769. The first-order chi connectivity index (χ1) is 7.97. The molecule has 2 aromatic carbocycles. The lowest BCUT2D eigenvalue weighted by molar-refractivity contribution is 1.24. The summed E-state index contributed by atoms with van der Waals surface area (Å²) in [4.78, 5) is 0. The Balaban J connectivity index is 2.43. The third-order valence-corrected chi connectivity index (χ3v) is 3.55. The van der Waals surface area contributed by atoms with E-state index in [2.05, 4.69) is 15.9 Å². The minimum absolute atomic E-state index is 0.669. The summed E-state index contributed by atoms with van der Waals surface area (Å²) in [5, 5.41) is 0. The van der Waals surface area contributed by atoms with Gasteiger partial charge in [-0.15, -0.1) is 0 Å². The summed E-state index contributed by atoms with van der Waals surface area (Å²) >= 11 is 21.0. The summed E-state index contributed by atoms with van der Waals surface area (Å²) < 4.78 is -0.343. The molecule has 0 heterocycles. The monoisotopic (exact) mass is 348 g/mol. The summed E-state index contributed by atoms with van der Waals surface area (Å²) in [6.45, 7) is 0. The molecule has 0 bridgehead atoms. The lowest BCUT2D eigenvalue weighted by Gasteiger charge is -2.12. The Labute approximate surface area is 124 Å². The number of alkyl halides is 3. The molecule has 2 aromatic rings. The van der Waals surface area contributed by atoms with Crippen LogP contribution in [0.2, 0.25) is 0 Å². The van der Waals surface area contributed by atoms with Crippen LogP contribution in [0.3, 0.4) is 0 Å². The Morgan fingerprint density at radius 2 is 1.47 bits per heavy atom. The minimum Gasteiger partial charge on any atom is -0.0784 e. The molecule has 0 amide bonds. The van der Waals surface area contributed by atoms with Crippen molar-refractivity contribution in [3.8, 4) is 11.1 Å². The Hall–Kier alpha value is -0.210. The maximum Gasteiger partial charge on any atom is 0.216 e. The van der Waals surface area contributed by atoms with Gasteiger partial charge in [-0.25, -0.2) is 0 Å². The first kappa shape index (κ1) is 13.2. The predicted octanol–water partition coefficient (Wildman–Crippen LogP) is 5.94. The van der Waals surface area contributed by atoms with Crippen LogP contribution in [-0.2, 0) is 3.79 Å². The van der Waals surface area contributed by atoms with Crippen molar-refractivity contribution < 1.29 is 0 Å². The van der Waals surface area contributed by atoms with Gasteiger partial charge in [0, 0.05) is 10.0 Å². The van der Waals surface area contributed by atoms with E-state index in [0.29, 0.717) is 5.56 Å². The summed E-state index contributed by atoms with van der Waals surface area (Å²) in [6.07, 6.45) is 0. The molecule has 0 aliphatic rings. The fourth-order valence-corrected chi connectivity index (χ4v) is 2.13. The van der Waals surface area contributed by atoms with Crippen molar-refractivity contribution in [3.63, 3.8) is 0 Å². The number of benzene rings is 2. The van der Waals surface area contributed by atoms with Crippen molar-refractivity contribution >= 4 is 50.7 Å². The quantitative estimate of drug-likeness (QED) is 0.558. The van der Waals surface area contributed by atoms with Crippen molar-refractivity contribution in [3.05, 3.63) is 58.6 Å². The van der Waals surface area contributed by atoms with E-state index >= 15 is 0 Å². The van der Waals surface area contributed by atoms with Crippen molar-refractivity contribution in [1.29, 1.82) is 0 Å². The summed E-state index contributed by atoms with van der Waals surface area (Å²) in [7, 11) is 0. The molecule has 0 N–H and O–H groups in total. The fourth-order valence-electron chi connectivity index (χ4n) is 1.52. The average molecular weight is 350 g/mol. The molecule has 0 atom stereocenters. The van der Waals surface area contributed by atoms with E-state index in [9.17, 15) is 0 Å². The lowest BCUT2D eigenvalue weighted by atomic mass is 10.0. The molecule has 0 saturated carbocycles. The first-order valence-corrected chi connectivity index (χ1v) is 6.83. The second-order valence-electron chi connectivity index (χ2n) is 3.59. The van der Waals surface area contributed by atoms with E-state index in [1.807, 2.05) is 42.5 Å². The molecule has 17 heavy (non-hydrogen) atoms. The van der Waals surface area contributed by atoms with Crippen LogP contribution in [0.15, 0.2) is 53.0 Å². The average Bonchev–Trinajstić information content (AvgIpc) is 2.29. The van der Waals surface area contributed by atoms with Gasteiger partial charge in [0.05, 0.1) is 0 Å². The highest BCUT2D eigenvalue weighted by molar-refractivity contribution is 9.10. The number of rotatable bonds is 1. The SMILES string of the molecule is ClC(Cl)(Cl)c1cccc(-c2ccc(Br)cc2)c1. The highest BCUT2D eigenvalue weighted by Crippen LogP contribution is 2.39. The van der Waals surface area contributed by atoms with E-state index in [0.717, 1.165) is 15.6 Å². The van der Waals surface area contributed by atoms with Gasteiger partial charge < -0.3 is 0 Å². The van der Waals surface area contributed by atoms with Gasteiger partial charge in [0.1, 0.15) is 0 Å². The van der Waals surface area contributed by atoms with E-state index in [4.69, 9.17) is 34.8 Å². The van der Waals surface area contributed by atoms with Crippen LogP contribution in [0.4, 0.5) is 0 Å². The van der Waals surface area contributed by atoms with Gasteiger partial charge in [-0.3, -0.25) is 0 Å². The van der Waals surface area contributed by atoms with Gasteiger partial charge in [-0.1, -0.05) is 81.1 Å². The molecule has 0 nitrogen and oxygen atoms in total. The summed E-state index contributed by atoms with van der Waals surface area (Å²) in [5.41, 5.74) is 2.79. The molecule has 0 radical (unpaired) electrons. The van der Waals surface area contributed by atoms with Crippen LogP contribution in [0.5, 0.6) is 0 Å². The maximum atomic E-state index is 5.87. The number of halogens is 4. The highest BCUT2D eigenvalue weighted by Gasteiger charge is 2.22. The van der Waals surface area contributed by atoms with Crippen molar-refractivity contribution in [2.24, 2.45) is 0 Å². The molecule has 0 fully saturated rings. The Bertz CT molecular complexity index is 515. The standard InChI is InChI=1S/C13H8BrCl3/c14-12-6-4-9(5-7-12)10-2-1-3-11(8-10)13(15,16)17/h1-8H. The molecule has 0 aromatic heterocycles. The van der Waals surface area contributed by atoms with Crippen LogP contribution in [0.25, 0.3) is 11.1 Å². The largest absolute Gasteiger partial charge is 0.216 e. The van der Waals surface area contributed by atoms with Gasteiger partial charge in [0.15, 0.2) is 0 Å². The van der Waals surface area contributed by atoms with Crippen molar-refractivity contribution in [2.45, 2.75) is 3.79 Å². The molecule has 0 saturated heterocycles. The van der Waals surface area contributed by atoms with E-state index in [-0.39, 0.29) is 0 Å². The minimum atomic E-state index is -1.38. The predicted molar refractivity (Wildman–Crippen MR) is 78.8 cm³/mol. The van der Waals surface area contributed by atoms with Crippen LogP contribution in [0.1, 0.15) is 5.56 Å². The van der Waals surface area contributed by atoms with Crippen LogP contribution < -0.4 is 0 Å². The molecule has 0 aliphatic heterocycles. The molecule has 0 aliphatic carbocycles. The van der Waals surface area contributed by atoms with E-state index < -0.39 is 3.79 Å².